The molecule has 0 saturated heterocycles. The summed E-state index contributed by atoms with van der Waals surface area (Å²) in [4.78, 5) is 19.2. The van der Waals surface area contributed by atoms with Gasteiger partial charge in [0.2, 0.25) is 0 Å². The Kier molecular flexibility index (Phi) is 10.1. The fraction of sp³-hybridized carbons (Fsp3) is 0.231. The van der Waals surface area contributed by atoms with Gasteiger partial charge in [-0.05, 0) is 68.5 Å². The first-order chi connectivity index (χ1) is 28.6. The number of benzene rings is 5. The molecule has 5 heterocycles. The van der Waals surface area contributed by atoms with Crippen molar-refractivity contribution in [3.8, 4) is 33.9 Å². The van der Waals surface area contributed by atoms with E-state index in [0.29, 0.717) is 35.2 Å². The second-order valence-electron chi connectivity index (χ2n) is 17.0. The third kappa shape index (κ3) is 6.28. The minimum absolute atomic E-state index is 0. The molecule has 0 saturated carbocycles. The zero-order valence-corrected chi connectivity index (χ0v) is 37.4. The Balaban J connectivity index is 0.00000462. The first kappa shape index (κ1) is 39.5. The van der Waals surface area contributed by atoms with E-state index in [9.17, 15) is 0 Å². The third-order valence-electron chi connectivity index (χ3n) is 11.9. The molecule has 0 amide bonds. The van der Waals surface area contributed by atoms with Crippen molar-refractivity contribution in [3.05, 3.63) is 144 Å². The molecule has 60 heavy (non-hydrogen) atoms. The fourth-order valence-corrected chi connectivity index (χ4v) is 9.10. The van der Waals surface area contributed by atoms with Crippen LogP contribution < -0.4 is 4.74 Å². The molecular weight excluding hydrogens is 920 g/mol. The average molecular weight is 966 g/mol. The maximum absolute atomic E-state index is 6.61. The number of hydrogen-bond acceptors (Lipinski definition) is 5. The van der Waals surface area contributed by atoms with Gasteiger partial charge >= 0.3 is 21.1 Å². The molecule has 0 spiro atoms. The largest absolute Gasteiger partial charge is 2.00 e. The van der Waals surface area contributed by atoms with E-state index in [2.05, 4.69) is 154 Å². The minimum Gasteiger partial charge on any atom is -0.497 e. The van der Waals surface area contributed by atoms with E-state index in [1.165, 1.54) is 38.9 Å². The minimum atomic E-state index is 0. The Morgan fingerprint density at radius 2 is 1.08 bits per heavy atom. The van der Waals surface area contributed by atoms with Gasteiger partial charge in [0.25, 0.3) is 0 Å². The molecule has 0 fully saturated rings. The van der Waals surface area contributed by atoms with Crippen LogP contribution in [0.4, 0.5) is 0 Å². The van der Waals surface area contributed by atoms with Crippen LogP contribution in [0.25, 0.3) is 77.3 Å². The van der Waals surface area contributed by atoms with E-state index < -0.39 is 0 Å². The molecule has 0 atom stereocenters. The normalized spacial score (nSPS) is 12.1. The number of imidazole rings is 2. The Morgan fingerprint density at radius 1 is 0.533 bits per heavy atom. The van der Waals surface area contributed by atoms with Crippen molar-refractivity contribution in [2.24, 2.45) is 0 Å². The van der Waals surface area contributed by atoms with Crippen molar-refractivity contribution < 1.29 is 25.8 Å². The van der Waals surface area contributed by atoms with Gasteiger partial charge in [-0.2, -0.15) is 0 Å². The zero-order valence-electron chi connectivity index (χ0n) is 35.1. The van der Waals surface area contributed by atoms with Gasteiger partial charge in [0.05, 0.1) is 22.5 Å². The molecule has 7 nitrogen and oxygen atoms in total. The van der Waals surface area contributed by atoms with Gasteiger partial charge in [0, 0.05) is 53.6 Å². The van der Waals surface area contributed by atoms with Crippen LogP contribution in [0, 0.1) is 12.1 Å². The molecular formula is C52H46N6OPt. The Hall–Kier alpha value is -5.91. The fourth-order valence-electron chi connectivity index (χ4n) is 9.10. The quantitative estimate of drug-likeness (QED) is 0.112. The molecule has 5 aromatic carbocycles. The summed E-state index contributed by atoms with van der Waals surface area (Å²) in [5, 5.41) is 4.82. The van der Waals surface area contributed by atoms with Crippen LogP contribution in [0.5, 0.6) is 11.5 Å². The summed E-state index contributed by atoms with van der Waals surface area (Å²) in [6.07, 6.45) is 9.15. The van der Waals surface area contributed by atoms with E-state index in [0.717, 1.165) is 60.6 Å². The summed E-state index contributed by atoms with van der Waals surface area (Å²) < 4.78 is 10.9. The number of hydrogen-bond donors (Lipinski definition) is 0. The molecule has 0 aliphatic heterocycles. The number of pyridine rings is 2. The van der Waals surface area contributed by atoms with Gasteiger partial charge < -0.3 is 13.5 Å². The number of fused-ring (bicyclic) bond motifs is 12. The first-order valence-electron chi connectivity index (χ1n) is 20.7. The van der Waals surface area contributed by atoms with Crippen LogP contribution in [-0.2, 0) is 21.1 Å². The summed E-state index contributed by atoms with van der Waals surface area (Å²) in [6, 6.07) is 35.8. The molecule has 0 bridgehead atoms. The van der Waals surface area contributed by atoms with E-state index in [4.69, 9.17) is 9.72 Å². The topological polar surface area (TPSA) is 69.6 Å². The summed E-state index contributed by atoms with van der Waals surface area (Å²) in [5.74, 6) is 2.52. The Bertz CT molecular complexity index is 3230. The van der Waals surface area contributed by atoms with Crippen molar-refractivity contribution in [2.75, 3.05) is 0 Å². The molecule has 10 rings (SSSR count). The van der Waals surface area contributed by atoms with E-state index in [1.54, 1.807) is 18.6 Å². The first-order valence-corrected chi connectivity index (χ1v) is 20.7. The summed E-state index contributed by atoms with van der Waals surface area (Å²) in [5.41, 5.74) is 14.5. The van der Waals surface area contributed by atoms with E-state index in [-0.39, 0.29) is 21.1 Å². The number of ether oxygens (including phenoxy) is 1. The van der Waals surface area contributed by atoms with Gasteiger partial charge in [-0.1, -0.05) is 150 Å². The monoisotopic (exact) mass is 965 g/mol. The molecule has 0 unspecified atom stereocenters. The molecule has 5 aromatic heterocycles. The summed E-state index contributed by atoms with van der Waals surface area (Å²) in [6.45, 7) is 18.3. The molecule has 0 radical (unpaired) electrons. The Morgan fingerprint density at radius 3 is 1.72 bits per heavy atom. The Labute approximate surface area is 364 Å². The van der Waals surface area contributed by atoms with Crippen molar-refractivity contribution in [2.45, 2.75) is 79.1 Å². The van der Waals surface area contributed by atoms with Crippen LogP contribution in [0.15, 0.2) is 110 Å². The van der Waals surface area contributed by atoms with Gasteiger partial charge in [-0.3, -0.25) is 15.0 Å². The van der Waals surface area contributed by atoms with Crippen LogP contribution in [-0.4, -0.2) is 28.7 Å². The van der Waals surface area contributed by atoms with Crippen molar-refractivity contribution >= 4 is 54.9 Å². The molecule has 10 aromatic rings. The number of rotatable bonds is 8. The van der Waals surface area contributed by atoms with E-state index >= 15 is 0 Å². The molecule has 0 N–H and O–H groups in total. The van der Waals surface area contributed by atoms with Crippen LogP contribution in [0.1, 0.15) is 101 Å². The second-order valence-corrected chi connectivity index (χ2v) is 17.0. The second kappa shape index (κ2) is 15.3. The molecule has 0 aliphatic rings. The van der Waals surface area contributed by atoms with Crippen LogP contribution >= 0.6 is 0 Å². The number of nitrogens with zero attached hydrogens (tertiary/aromatic N) is 6. The third-order valence-corrected chi connectivity index (χ3v) is 11.9. The van der Waals surface area contributed by atoms with E-state index in [1.807, 2.05) is 28.8 Å². The molecule has 0 aliphatic carbocycles. The number of aromatic nitrogens is 6. The molecule has 300 valence electrons. The zero-order chi connectivity index (χ0) is 40.7. The SMILES string of the molecule is CC(C)c1cccc(C(C)C)c1-c1ccc2c3ccc(Oc4[c-]c5c(cc4)c4nccnc4n4ccnc54)[c-]c3c3ncc(-c4c(C(C)C)cccc4C(C)C)n3c2c1.[Pt+2]. The summed E-state index contributed by atoms with van der Waals surface area (Å²) in [7, 11) is 0. The van der Waals surface area contributed by atoms with Gasteiger partial charge in [0.15, 0.2) is 0 Å². The maximum Gasteiger partial charge on any atom is 2.00 e. The van der Waals surface area contributed by atoms with Crippen LogP contribution in [0.3, 0.4) is 0 Å². The predicted octanol–water partition coefficient (Wildman–Crippen LogP) is 13.6. The van der Waals surface area contributed by atoms with Crippen molar-refractivity contribution in [1.29, 1.82) is 0 Å². The van der Waals surface area contributed by atoms with Gasteiger partial charge in [-0.25, -0.2) is 4.98 Å². The summed E-state index contributed by atoms with van der Waals surface area (Å²) >= 11 is 0. The van der Waals surface area contributed by atoms with Crippen molar-refractivity contribution in [1.82, 2.24) is 28.7 Å². The average Bonchev–Trinajstić information content (AvgIpc) is 3.92. The smallest absolute Gasteiger partial charge is 0.497 e. The van der Waals surface area contributed by atoms with Gasteiger partial charge in [-0.15, -0.1) is 12.1 Å². The molecule has 8 heteroatoms. The van der Waals surface area contributed by atoms with Crippen molar-refractivity contribution in [3.63, 3.8) is 0 Å². The van der Waals surface area contributed by atoms with Crippen LogP contribution in [0.2, 0.25) is 0 Å². The standard InChI is InChI=1S/C52H46N6O.Pt/c1-29(2)36-11-9-12-37(30(3)4)47(36)33-15-18-41-40-19-16-34(59-35-17-20-42-44(27-35)50-55-23-24-57(50)52-49(42)53-21-22-54-52)26-43(40)51-56-28-46(58(51)45(41)25-33)48-38(31(5)6)13-10-14-39(48)32(7)8;/h9-25,28-32H,1-8H3;/q-2;+2. The maximum atomic E-state index is 6.61. The van der Waals surface area contributed by atoms with Gasteiger partial charge in [0.1, 0.15) is 5.65 Å². The predicted molar refractivity (Wildman–Crippen MR) is 241 cm³/mol.